The molecule has 0 fully saturated rings. The number of H-pyrrole nitrogens is 1. The second kappa shape index (κ2) is 5.62. The Kier molecular flexibility index (Phi) is 3.67. The number of nitrogens with one attached hydrogen (secondary N) is 2. The van der Waals surface area contributed by atoms with Crippen LogP contribution in [0.5, 0.6) is 0 Å². The highest BCUT2D eigenvalue weighted by Crippen LogP contribution is 2.17. The second-order valence-corrected chi connectivity index (χ2v) is 5.44. The van der Waals surface area contributed by atoms with Crippen LogP contribution >= 0.6 is 11.6 Å². The molecule has 3 rings (SSSR count). The Hall–Kier alpha value is -2.26. The fourth-order valence-corrected chi connectivity index (χ4v) is 2.42. The van der Waals surface area contributed by atoms with Crippen molar-refractivity contribution in [3.05, 3.63) is 70.4 Å². The molecule has 106 valence electrons. The molecule has 2 N–H and O–H groups in total. The number of aromatic amines is 1. The van der Waals surface area contributed by atoms with Crippen molar-refractivity contribution >= 4 is 28.4 Å². The first kappa shape index (κ1) is 13.7. The van der Waals surface area contributed by atoms with Gasteiger partial charge in [0.2, 0.25) is 0 Å². The van der Waals surface area contributed by atoms with Crippen LogP contribution in [0.15, 0.2) is 48.5 Å². The van der Waals surface area contributed by atoms with Crippen LogP contribution in [0.1, 0.15) is 21.6 Å². The standard InChI is InChI=1S/C17H15ClN2O/c1-11-6-7-12(8-14(11)18)10-19-17(21)16-9-13-4-2-3-5-15(13)20-16/h2-9,20H,10H2,1H3,(H,19,21). The lowest BCUT2D eigenvalue weighted by Crippen LogP contribution is -2.23. The van der Waals surface area contributed by atoms with Gasteiger partial charge in [-0.2, -0.15) is 0 Å². The molecule has 3 nitrogen and oxygen atoms in total. The summed E-state index contributed by atoms with van der Waals surface area (Å²) in [6.45, 7) is 2.41. The SMILES string of the molecule is Cc1ccc(CNC(=O)c2cc3ccccc3[nH]2)cc1Cl. The van der Waals surface area contributed by atoms with E-state index in [9.17, 15) is 4.79 Å². The van der Waals surface area contributed by atoms with Gasteiger partial charge in [-0.25, -0.2) is 0 Å². The van der Waals surface area contributed by atoms with E-state index in [0.717, 1.165) is 22.0 Å². The van der Waals surface area contributed by atoms with E-state index in [-0.39, 0.29) is 5.91 Å². The maximum atomic E-state index is 12.2. The molecular weight excluding hydrogens is 284 g/mol. The number of hydrogen-bond donors (Lipinski definition) is 2. The van der Waals surface area contributed by atoms with Gasteiger partial charge in [-0.1, -0.05) is 41.9 Å². The van der Waals surface area contributed by atoms with Crippen LogP contribution in [0.3, 0.4) is 0 Å². The van der Waals surface area contributed by atoms with Gasteiger partial charge < -0.3 is 10.3 Å². The number of aryl methyl sites for hydroxylation is 1. The summed E-state index contributed by atoms with van der Waals surface area (Å²) in [7, 11) is 0. The Bertz CT molecular complexity index is 774. The Morgan fingerprint density at radius 1 is 1.19 bits per heavy atom. The Labute approximate surface area is 127 Å². The summed E-state index contributed by atoms with van der Waals surface area (Å²) in [5.74, 6) is -0.122. The molecule has 0 saturated carbocycles. The van der Waals surface area contributed by atoms with Crippen LogP contribution in [0.25, 0.3) is 10.9 Å². The lowest BCUT2D eigenvalue weighted by molar-refractivity contribution is 0.0947. The summed E-state index contributed by atoms with van der Waals surface area (Å²) in [6.07, 6.45) is 0. The van der Waals surface area contributed by atoms with Crippen LogP contribution in [0.2, 0.25) is 5.02 Å². The molecule has 0 aliphatic rings. The number of rotatable bonds is 3. The number of para-hydroxylation sites is 1. The maximum absolute atomic E-state index is 12.2. The highest BCUT2D eigenvalue weighted by atomic mass is 35.5. The molecule has 21 heavy (non-hydrogen) atoms. The first-order chi connectivity index (χ1) is 10.1. The number of carbonyl (C=O) groups is 1. The van der Waals surface area contributed by atoms with E-state index in [1.54, 1.807) is 0 Å². The smallest absolute Gasteiger partial charge is 0.267 e. The van der Waals surface area contributed by atoms with E-state index in [2.05, 4.69) is 10.3 Å². The number of fused-ring (bicyclic) bond motifs is 1. The molecule has 1 aromatic heterocycles. The number of hydrogen-bond acceptors (Lipinski definition) is 1. The van der Waals surface area contributed by atoms with Crippen LogP contribution < -0.4 is 5.32 Å². The minimum atomic E-state index is -0.122. The van der Waals surface area contributed by atoms with Gasteiger partial charge in [-0.15, -0.1) is 0 Å². The topological polar surface area (TPSA) is 44.9 Å². The van der Waals surface area contributed by atoms with E-state index in [1.165, 1.54) is 0 Å². The third kappa shape index (κ3) is 2.93. The number of aromatic nitrogens is 1. The third-order valence-electron chi connectivity index (χ3n) is 3.46. The predicted octanol–water partition coefficient (Wildman–Crippen LogP) is 4.06. The number of amides is 1. The molecule has 0 aliphatic carbocycles. The van der Waals surface area contributed by atoms with Crippen molar-refractivity contribution in [3.63, 3.8) is 0 Å². The van der Waals surface area contributed by atoms with Gasteiger partial charge in [-0.05, 0) is 36.2 Å². The van der Waals surface area contributed by atoms with E-state index < -0.39 is 0 Å². The molecule has 0 aliphatic heterocycles. The molecule has 4 heteroatoms. The van der Waals surface area contributed by atoms with Crippen molar-refractivity contribution in [1.29, 1.82) is 0 Å². The lowest BCUT2D eigenvalue weighted by Gasteiger charge is -2.05. The number of benzene rings is 2. The van der Waals surface area contributed by atoms with Gasteiger partial charge in [-0.3, -0.25) is 4.79 Å². The van der Waals surface area contributed by atoms with Crippen molar-refractivity contribution in [2.24, 2.45) is 0 Å². The Balaban J connectivity index is 1.72. The molecule has 0 saturated heterocycles. The zero-order valence-electron chi connectivity index (χ0n) is 11.6. The maximum Gasteiger partial charge on any atom is 0.267 e. The van der Waals surface area contributed by atoms with E-state index in [4.69, 9.17) is 11.6 Å². The average molecular weight is 299 g/mol. The molecule has 1 heterocycles. The van der Waals surface area contributed by atoms with Gasteiger partial charge in [0.25, 0.3) is 5.91 Å². The number of carbonyl (C=O) groups excluding carboxylic acids is 1. The largest absolute Gasteiger partial charge is 0.351 e. The van der Waals surface area contributed by atoms with Gasteiger partial charge in [0, 0.05) is 22.5 Å². The quantitative estimate of drug-likeness (QED) is 0.752. The predicted molar refractivity (Wildman–Crippen MR) is 85.7 cm³/mol. The minimum Gasteiger partial charge on any atom is -0.351 e. The van der Waals surface area contributed by atoms with Crippen molar-refractivity contribution in [2.45, 2.75) is 13.5 Å². The molecule has 0 unspecified atom stereocenters. The fourth-order valence-electron chi connectivity index (χ4n) is 2.22. The molecule has 2 aromatic carbocycles. The van der Waals surface area contributed by atoms with E-state index in [1.807, 2.05) is 55.5 Å². The molecular formula is C17H15ClN2O. The Morgan fingerprint density at radius 3 is 2.76 bits per heavy atom. The van der Waals surface area contributed by atoms with Gasteiger partial charge in [0.1, 0.15) is 5.69 Å². The normalized spacial score (nSPS) is 10.8. The second-order valence-electron chi connectivity index (χ2n) is 5.04. The van der Waals surface area contributed by atoms with Gasteiger partial charge >= 0.3 is 0 Å². The summed E-state index contributed by atoms with van der Waals surface area (Å²) >= 11 is 6.08. The molecule has 0 spiro atoms. The summed E-state index contributed by atoms with van der Waals surface area (Å²) < 4.78 is 0. The van der Waals surface area contributed by atoms with Gasteiger partial charge in [0.15, 0.2) is 0 Å². The molecule has 0 radical (unpaired) electrons. The summed E-state index contributed by atoms with van der Waals surface area (Å²) in [6, 6.07) is 15.5. The first-order valence-electron chi connectivity index (χ1n) is 6.74. The molecule has 0 atom stereocenters. The van der Waals surface area contributed by atoms with Crippen LogP contribution in [-0.2, 0) is 6.54 Å². The van der Waals surface area contributed by atoms with Crippen molar-refractivity contribution in [3.8, 4) is 0 Å². The summed E-state index contributed by atoms with van der Waals surface area (Å²) in [5.41, 5.74) is 3.54. The first-order valence-corrected chi connectivity index (χ1v) is 7.12. The van der Waals surface area contributed by atoms with Gasteiger partial charge in [0.05, 0.1) is 0 Å². The minimum absolute atomic E-state index is 0.122. The lowest BCUT2D eigenvalue weighted by atomic mass is 10.1. The fraction of sp³-hybridized carbons (Fsp3) is 0.118. The highest BCUT2D eigenvalue weighted by Gasteiger charge is 2.09. The molecule has 1 amide bonds. The highest BCUT2D eigenvalue weighted by molar-refractivity contribution is 6.31. The van der Waals surface area contributed by atoms with Crippen LogP contribution in [-0.4, -0.2) is 10.9 Å². The zero-order chi connectivity index (χ0) is 14.8. The summed E-state index contributed by atoms with van der Waals surface area (Å²) in [5, 5.41) is 4.64. The van der Waals surface area contributed by atoms with Crippen molar-refractivity contribution < 1.29 is 4.79 Å². The molecule has 3 aromatic rings. The van der Waals surface area contributed by atoms with Crippen molar-refractivity contribution in [1.82, 2.24) is 10.3 Å². The number of halogens is 1. The monoisotopic (exact) mass is 298 g/mol. The third-order valence-corrected chi connectivity index (χ3v) is 3.87. The zero-order valence-corrected chi connectivity index (χ0v) is 12.4. The molecule has 0 bridgehead atoms. The van der Waals surface area contributed by atoms with Crippen molar-refractivity contribution in [2.75, 3.05) is 0 Å². The van der Waals surface area contributed by atoms with E-state index in [0.29, 0.717) is 17.3 Å². The van der Waals surface area contributed by atoms with Crippen LogP contribution in [0, 0.1) is 6.92 Å². The average Bonchev–Trinajstić information content (AvgIpc) is 2.92. The van der Waals surface area contributed by atoms with E-state index >= 15 is 0 Å². The summed E-state index contributed by atoms with van der Waals surface area (Å²) in [4.78, 5) is 15.3. The Morgan fingerprint density at radius 2 is 2.00 bits per heavy atom. The van der Waals surface area contributed by atoms with Crippen LogP contribution in [0.4, 0.5) is 0 Å².